The summed E-state index contributed by atoms with van der Waals surface area (Å²) in [6, 6.07) is 24.5. The Morgan fingerprint density at radius 3 is 2.44 bits per heavy atom. The molecule has 0 fully saturated rings. The van der Waals surface area contributed by atoms with Gasteiger partial charge in [0.2, 0.25) is 0 Å². The molecule has 5 rings (SSSR count). The quantitative estimate of drug-likeness (QED) is 0.195. The highest BCUT2D eigenvalue weighted by Crippen LogP contribution is 2.35. The molecule has 0 N–H and O–H groups in total. The second-order valence-electron chi connectivity index (χ2n) is 9.89. The van der Waals surface area contributed by atoms with Crippen molar-refractivity contribution in [2.45, 2.75) is 32.7 Å². The van der Waals surface area contributed by atoms with E-state index in [-0.39, 0.29) is 12.2 Å². The zero-order valence-electron chi connectivity index (χ0n) is 23.4. The standard InChI is InChI=1S/C34H32N2O4S/c1-5-20-40-27-15-11-10-14-26(27)21-28-32(37)36-31(25-18-16-23(17-19-25)22(3)4)29(33(38)39-6-2)30(35-34(36)41-28)24-12-8-7-9-13-24/h5,7-19,21-22,31H,1,6,20H2,2-4H3/b28-21+/t31-/m1/s1. The van der Waals surface area contributed by atoms with Gasteiger partial charge in [-0.3, -0.25) is 9.36 Å². The average Bonchev–Trinajstić information content (AvgIpc) is 3.30. The van der Waals surface area contributed by atoms with E-state index in [1.165, 1.54) is 16.9 Å². The first-order chi connectivity index (χ1) is 19.9. The predicted octanol–water partition coefficient (Wildman–Crippen LogP) is 5.62. The van der Waals surface area contributed by atoms with Gasteiger partial charge in [-0.25, -0.2) is 9.79 Å². The minimum Gasteiger partial charge on any atom is -0.489 e. The molecule has 0 saturated heterocycles. The van der Waals surface area contributed by atoms with E-state index in [1.54, 1.807) is 17.6 Å². The van der Waals surface area contributed by atoms with Gasteiger partial charge in [-0.2, -0.15) is 0 Å². The fourth-order valence-electron chi connectivity index (χ4n) is 4.84. The maximum atomic E-state index is 14.1. The van der Waals surface area contributed by atoms with Crippen molar-refractivity contribution < 1.29 is 14.3 Å². The predicted molar refractivity (Wildman–Crippen MR) is 164 cm³/mol. The number of hydrogen-bond acceptors (Lipinski definition) is 6. The molecule has 1 atom stereocenters. The normalized spacial score (nSPS) is 14.9. The lowest BCUT2D eigenvalue weighted by molar-refractivity contribution is -0.138. The van der Waals surface area contributed by atoms with E-state index in [0.29, 0.717) is 38.9 Å². The maximum Gasteiger partial charge on any atom is 0.338 e. The van der Waals surface area contributed by atoms with Gasteiger partial charge in [0.05, 0.1) is 28.5 Å². The van der Waals surface area contributed by atoms with E-state index in [9.17, 15) is 9.59 Å². The van der Waals surface area contributed by atoms with Gasteiger partial charge in [0.1, 0.15) is 12.4 Å². The molecule has 0 aliphatic carbocycles. The first-order valence-electron chi connectivity index (χ1n) is 13.6. The average molecular weight is 565 g/mol. The van der Waals surface area contributed by atoms with E-state index in [2.05, 4.69) is 20.4 Å². The first kappa shape index (κ1) is 28.1. The van der Waals surface area contributed by atoms with Crippen LogP contribution in [0.2, 0.25) is 0 Å². The molecule has 2 heterocycles. The van der Waals surface area contributed by atoms with Crippen LogP contribution in [0, 0.1) is 0 Å². The molecule has 0 saturated carbocycles. The number of nitrogens with zero attached hydrogens (tertiary/aromatic N) is 2. The van der Waals surface area contributed by atoms with Gasteiger partial charge in [-0.1, -0.05) is 111 Å². The van der Waals surface area contributed by atoms with E-state index in [1.807, 2.05) is 84.9 Å². The molecule has 41 heavy (non-hydrogen) atoms. The molecule has 1 aliphatic heterocycles. The Hall–Kier alpha value is -4.49. The number of thiazole rings is 1. The molecule has 1 aromatic heterocycles. The van der Waals surface area contributed by atoms with Gasteiger partial charge < -0.3 is 9.47 Å². The van der Waals surface area contributed by atoms with Crippen molar-refractivity contribution in [2.75, 3.05) is 13.2 Å². The Morgan fingerprint density at radius 2 is 1.76 bits per heavy atom. The van der Waals surface area contributed by atoms with Gasteiger partial charge in [-0.15, -0.1) is 0 Å². The molecular formula is C34H32N2O4S. The lowest BCUT2D eigenvalue weighted by Crippen LogP contribution is -2.40. The topological polar surface area (TPSA) is 69.9 Å². The maximum absolute atomic E-state index is 14.1. The van der Waals surface area contributed by atoms with Crippen LogP contribution >= 0.6 is 11.3 Å². The monoisotopic (exact) mass is 564 g/mol. The molecule has 3 aromatic carbocycles. The number of rotatable bonds is 9. The molecule has 0 radical (unpaired) electrons. The number of benzene rings is 3. The van der Waals surface area contributed by atoms with Crippen LogP contribution in [0.5, 0.6) is 5.75 Å². The van der Waals surface area contributed by atoms with E-state index >= 15 is 0 Å². The minimum atomic E-state index is -0.712. The molecule has 0 spiro atoms. The third-order valence-corrected chi connectivity index (χ3v) is 7.84. The van der Waals surface area contributed by atoms with Crippen molar-refractivity contribution >= 4 is 29.1 Å². The number of carbonyl (C=O) groups is 1. The van der Waals surface area contributed by atoms with Crippen LogP contribution in [-0.2, 0) is 9.53 Å². The summed E-state index contributed by atoms with van der Waals surface area (Å²) in [6.45, 7) is 10.3. The van der Waals surface area contributed by atoms with Crippen LogP contribution in [0.25, 0.3) is 11.8 Å². The molecule has 6 nitrogen and oxygen atoms in total. The van der Waals surface area contributed by atoms with Crippen LogP contribution in [0.3, 0.4) is 0 Å². The Kier molecular flexibility index (Phi) is 8.45. The molecular weight excluding hydrogens is 532 g/mol. The van der Waals surface area contributed by atoms with Gasteiger partial charge in [0, 0.05) is 11.1 Å². The van der Waals surface area contributed by atoms with E-state index in [4.69, 9.17) is 14.5 Å². The number of fused-ring (bicyclic) bond motifs is 1. The summed E-state index contributed by atoms with van der Waals surface area (Å²) in [5.74, 6) is 0.496. The number of carbonyl (C=O) groups excluding carboxylic acids is 1. The number of hydrogen-bond donors (Lipinski definition) is 0. The Morgan fingerprint density at radius 1 is 1.05 bits per heavy atom. The van der Waals surface area contributed by atoms with Gasteiger partial charge >= 0.3 is 5.97 Å². The molecule has 7 heteroatoms. The first-order valence-corrected chi connectivity index (χ1v) is 14.5. The third-order valence-electron chi connectivity index (χ3n) is 6.85. The Labute approximate surface area is 243 Å². The number of esters is 1. The smallest absolute Gasteiger partial charge is 0.338 e. The van der Waals surface area contributed by atoms with Gasteiger partial charge in [0.25, 0.3) is 5.56 Å². The van der Waals surface area contributed by atoms with Crippen molar-refractivity contribution in [3.8, 4) is 5.75 Å². The zero-order valence-corrected chi connectivity index (χ0v) is 24.2. The van der Waals surface area contributed by atoms with Crippen molar-refractivity contribution in [3.63, 3.8) is 0 Å². The fourth-order valence-corrected chi connectivity index (χ4v) is 5.83. The van der Waals surface area contributed by atoms with Crippen LogP contribution in [0.1, 0.15) is 55.0 Å². The van der Waals surface area contributed by atoms with Gasteiger partial charge in [-0.05, 0) is 36.1 Å². The second-order valence-corrected chi connectivity index (χ2v) is 10.9. The fraction of sp³-hybridized carbons (Fsp3) is 0.206. The third kappa shape index (κ3) is 5.72. The summed E-state index contributed by atoms with van der Waals surface area (Å²) in [5, 5.41) is 0. The zero-order chi connectivity index (χ0) is 28.9. The Balaban J connectivity index is 1.79. The largest absolute Gasteiger partial charge is 0.489 e. The summed E-state index contributed by atoms with van der Waals surface area (Å²) in [5.41, 5.74) is 4.13. The van der Waals surface area contributed by atoms with Crippen LogP contribution in [-0.4, -0.2) is 23.8 Å². The van der Waals surface area contributed by atoms with Crippen molar-refractivity contribution in [3.05, 3.63) is 139 Å². The summed E-state index contributed by atoms with van der Waals surface area (Å²) in [7, 11) is 0. The molecule has 4 aromatic rings. The number of aromatic nitrogens is 1. The minimum absolute atomic E-state index is 0.204. The van der Waals surface area contributed by atoms with Crippen LogP contribution in [0.15, 0.2) is 107 Å². The lowest BCUT2D eigenvalue weighted by atomic mass is 9.91. The van der Waals surface area contributed by atoms with E-state index in [0.717, 1.165) is 16.7 Å². The van der Waals surface area contributed by atoms with Crippen molar-refractivity contribution in [1.82, 2.24) is 4.57 Å². The molecule has 1 aliphatic rings. The van der Waals surface area contributed by atoms with Crippen molar-refractivity contribution in [2.24, 2.45) is 4.99 Å². The van der Waals surface area contributed by atoms with Crippen LogP contribution in [0.4, 0.5) is 0 Å². The second kappa shape index (κ2) is 12.4. The summed E-state index contributed by atoms with van der Waals surface area (Å²) < 4.78 is 13.5. The van der Waals surface area contributed by atoms with Crippen LogP contribution < -0.4 is 19.6 Å². The highest BCUT2D eigenvalue weighted by molar-refractivity contribution is 7.07. The molecule has 0 unspecified atom stereocenters. The van der Waals surface area contributed by atoms with Gasteiger partial charge in [0.15, 0.2) is 4.80 Å². The molecule has 208 valence electrons. The summed E-state index contributed by atoms with van der Waals surface area (Å²) in [4.78, 5) is 33.2. The number of para-hydroxylation sites is 1. The summed E-state index contributed by atoms with van der Waals surface area (Å²) >= 11 is 1.29. The Bertz CT molecular complexity index is 1780. The highest BCUT2D eigenvalue weighted by Gasteiger charge is 2.35. The van der Waals surface area contributed by atoms with Crippen molar-refractivity contribution in [1.29, 1.82) is 0 Å². The number of ether oxygens (including phenoxy) is 2. The molecule has 0 amide bonds. The lowest BCUT2D eigenvalue weighted by Gasteiger charge is -2.26. The summed E-state index contributed by atoms with van der Waals surface area (Å²) in [6.07, 6.45) is 3.49. The molecule has 0 bridgehead atoms. The highest BCUT2D eigenvalue weighted by atomic mass is 32.1. The van der Waals surface area contributed by atoms with E-state index < -0.39 is 12.0 Å². The SMILES string of the molecule is C=CCOc1ccccc1/C=c1/sc2n(c1=O)[C@H](c1ccc(C(C)C)cc1)C(C(=O)OCC)=C(c1ccccc1)N=2.